The fourth-order valence-electron chi connectivity index (χ4n) is 29.2. The number of benzene rings is 8. The Hall–Kier alpha value is -7.24. The van der Waals surface area contributed by atoms with Gasteiger partial charge in [0, 0.05) is 103 Å². The summed E-state index contributed by atoms with van der Waals surface area (Å²) in [6.07, 6.45) is 31.9. The fraction of sp³-hybridized carbons (Fsp3) is 0.547. The van der Waals surface area contributed by atoms with Crippen LogP contribution in [0.2, 0.25) is 0 Å². The number of anilines is 8. The molecule has 0 amide bonds. The van der Waals surface area contributed by atoms with E-state index in [1.807, 2.05) is 0 Å². The predicted molar refractivity (Wildman–Crippen MR) is 473 cm³/mol. The first kappa shape index (κ1) is 76.4. The van der Waals surface area contributed by atoms with Crippen molar-refractivity contribution < 1.29 is 0 Å². The molecule has 586 valence electrons. The average Bonchev–Trinajstić information content (AvgIpc) is 1.56. The van der Waals surface area contributed by atoms with E-state index in [1.54, 1.807) is 17.5 Å². The van der Waals surface area contributed by atoms with E-state index in [9.17, 15) is 0 Å². The Morgan fingerprint density at radius 1 is 0.270 bits per heavy atom. The van der Waals surface area contributed by atoms with Crippen LogP contribution < -0.4 is 24.5 Å². The summed E-state index contributed by atoms with van der Waals surface area (Å²) in [6.45, 7) is 38.2. The lowest BCUT2D eigenvalue weighted by molar-refractivity contribution is -0.113. The Bertz CT molecular complexity index is 4590. The van der Waals surface area contributed by atoms with Gasteiger partial charge in [-0.2, -0.15) is 0 Å². The molecule has 12 fully saturated rings. The predicted octanol–water partition coefficient (Wildman–Crippen LogP) is 27.9. The van der Waals surface area contributed by atoms with Crippen LogP contribution in [0, 0.1) is 92.8 Å². The third-order valence-corrected chi connectivity index (χ3v) is 33.8. The number of hydrogen-bond donors (Lipinski definition) is 0. The zero-order chi connectivity index (χ0) is 77.3. The third kappa shape index (κ3) is 12.5. The maximum atomic E-state index is 2.82. The Morgan fingerprint density at radius 3 is 1.02 bits per heavy atom. The lowest BCUT2D eigenvalue weighted by atomic mass is 9.42. The molecule has 0 aromatic heterocycles. The Morgan fingerprint density at radius 2 is 0.586 bits per heavy atom. The van der Waals surface area contributed by atoms with Gasteiger partial charge in [0.05, 0.1) is 0 Å². The molecule has 0 N–H and O–H groups in total. The van der Waals surface area contributed by atoms with Crippen LogP contribution in [-0.4, -0.2) is 41.3 Å². The van der Waals surface area contributed by atoms with Gasteiger partial charge in [0.2, 0.25) is 0 Å². The molecule has 5 aliphatic heterocycles. The van der Waals surface area contributed by atoms with Gasteiger partial charge in [0.25, 0.3) is 0 Å². The quantitative estimate of drug-likeness (QED) is 0.170. The summed E-state index contributed by atoms with van der Waals surface area (Å²) in [5, 5.41) is 0. The van der Waals surface area contributed by atoms with Crippen LogP contribution in [0.4, 0.5) is 45.5 Å². The largest absolute Gasteiger partial charge is 0.363 e. The molecule has 10 saturated carbocycles. The molecular formula is C106H137N5. The van der Waals surface area contributed by atoms with Crippen molar-refractivity contribution in [3.8, 4) is 0 Å². The number of nitrogens with zero attached hydrogens (tertiary/aromatic N) is 5. The standard InChI is InChI=1S/C25H29N.C23H33N.C21H25N.C19H29N.C18H21N/c1-16-7-3-5-9-23(16)26-17(2)25(22-8-4-6-10-24(22)26)20-12-18-11-19(14-20)15-21(25)13-18;1-15-7-5-6-8-21(15)24-16(2)23(14-22(24,3)4)19-10-17-9-18(12-19)13-20(23)11-17;1-16-10-4-6-12-19(16)22-17(2)21(14-8-3-9-15-21)18-11-5-7-13-20(18)22;1-15-10-6-7-11-17(15)20-16(2)19(14-18(20,3)4)12-8-5-9-13-19;1-13-9-5-7-11-16(13)19-14(2)18(3,4)15-10-6-8-12-17(15)19/h3-10,17-21H,11-15H2,1-2H3;5-8,16-20H,9-14H2,1-4H3;4-7,10-13,17H,3,8-9,14-15H2,1-2H3;6-7,10-11,16H,5,8-9,12-14H2,1-4H3;5-12,14H,1-4H3. The van der Waals surface area contributed by atoms with Gasteiger partial charge < -0.3 is 24.5 Å². The van der Waals surface area contributed by atoms with Gasteiger partial charge in [-0.15, -0.1) is 0 Å². The highest BCUT2D eigenvalue weighted by Gasteiger charge is 2.67. The van der Waals surface area contributed by atoms with Crippen molar-refractivity contribution in [2.75, 3.05) is 24.5 Å². The first-order valence-corrected chi connectivity index (χ1v) is 44.9. The van der Waals surface area contributed by atoms with Crippen molar-refractivity contribution in [3.05, 3.63) is 239 Å². The maximum absolute atomic E-state index is 2.82. The second kappa shape index (κ2) is 29.2. The van der Waals surface area contributed by atoms with E-state index >= 15 is 0 Å². The van der Waals surface area contributed by atoms with Crippen LogP contribution in [0.25, 0.3) is 0 Å². The molecule has 23 rings (SSSR count). The summed E-state index contributed by atoms with van der Waals surface area (Å²) in [5.74, 6) is 7.97. The topological polar surface area (TPSA) is 16.2 Å². The second-order valence-corrected chi connectivity index (χ2v) is 40.7. The van der Waals surface area contributed by atoms with E-state index in [2.05, 4.69) is 329 Å². The van der Waals surface area contributed by atoms with Crippen LogP contribution in [0.5, 0.6) is 0 Å². The Kier molecular flexibility index (Phi) is 20.1. The monoisotopic (exact) mass is 1480 g/mol. The smallest absolute Gasteiger partial charge is 0.0452 e. The average molecular weight is 1480 g/mol. The fourth-order valence-corrected chi connectivity index (χ4v) is 29.2. The minimum absolute atomic E-state index is 0.179. The van der Waals surface area contributed by atoms with Crippen LogP contribution in [0.3, 0.4) is 0 Å². The molecular weight excluding hydrogens is 1340 g/mol. The molecule has 2 saturated heterocycles. The first-order chi connectivity index (χ1) is 53.3. The molecule has 111 heavy (non-hydrogen) atoms. The van der Waals surface area contributed by atoms with E-state index in [0.29, 0.717) is 51.9 Å². The molecule has 0 radical (unpaired) electrons. The van der Waals surface area contributed by atoms with Gasteiger partial charge in [-0.05, 0) is 351 Å². The second-order valence-electron chi connectivity index (χ2n) is 40.7. The SMILES string of the molecule is Cc1ccccc1N1C(C)C2(CC1(C)C)C1CC3CC(C1)CC2C3.Cc1ccccc1N1C(C)C2(CCCCC2)CC1(C)C.Cc1ccccc1N1c2ccccc2C(C)(C)C1C.Cc1ccccc1N1c2ccccc2C2(C3CC4CC(C3)CC2C4)C1C.Cc1ccccc1N1c2ccccc2C2(CCCCC2)C1C. The molecule has 8 aromatic rings. The molecule has 5 heterocycles. The minimum atomic E-state index is 0.179. The van der Waals surface area contributed by atoms with Gasteiger partial charge in [-0.1, -0.05) is 198 Å². The molecule has 5 unspecified atom stereocenters. The van der Waals surface area contributed by atoms with Crippen molar-refractivity contribution >= 4 is 45.5 Å². The third-order valence-electron chi connectivity index (χ3n) is 33.8. The highest BCUT2D eigenvalue weighted by Crippen LogP contribution is 2.72. The summed E-state index contributed by atoms with van der Waals surface area (Å²) in [4.78, 5) is 13.4. The number of rotatable bonds is 5. The molecule has 8 bridgehead atoms. The maximum Gasteiger partial charge on any atom is 0.0452 e. The molecule has 5 heteroatoms. The van der Waals surface area contributed by atoms with Gasteiger partial charge in [-0.25, -0.2) is 0 Å². The summed E-state index contributed by atoms with van der Waals surface area (Å²) < 4.78 is 0. The van der Waals surface area contributed by atoms with Gasteiger partial charge in [-0.3, -0.25) is 0 Å². The van der Waals surface area contributed by atoms with Gasteiger partial charge >= 0.3 is 0 Å². The highest BCUT2D eigenvalue weighted by molar-refractivity contribution is 5.79. The lowest BCUT2D eigenvalue weighted by Crippen LogP contribution is -2.60. The van der Waals surface area contributed by atoms with Crippen molar-refractivity contribution in [3.63, 3.8) is 0 Å². The first-order valence-electron chi connectivity index (χ1n) is 44.9. The van der Waals surface area contributed by atoms with E-state index in [1.165, 1.54) is 214 Å². The van der Waals surface area contributed by atoms with Crippen LogP contribution in [0.15, 0.2) is 194 Å². The molecule has 5 atom stereocenters. The van der Waals surface area contributed by atoms with E-state index in [-0.39, 0.29) is 16.5 Å². The van der Waals surface area contributed by atoms with Crippen molar-refractivity contribution in [2.45, 2.75) is 310 Å². The van der Waals surface area contributed by atoms with Crippen LogP contribution in [-0.2, 0) is 16.2 Å². The van der Waals surface area contributed by atoms with Crippen molar-refractivity contribution in [1.82, 2.24) is 0 Å². The zero-order valence-electron chi connectivity index (χ0n) is 71.3. The molecule has 15 aliphatic rings. The van der Waals surface area contributed by atoms with Crippen LogP contribution >= 0.6 is 0 Å². The summed E-state index contributed by atoms with van der Waals surface area (Å²) >= 11 is 0. The number of aryl methyl sites for hydroxylation is 5. The molecule has 8 aromatic carbocycles. The molecule has 5 nitrogen and oxygen atoms in total. The number of para-hydroxylation sites is 8. The van der Waals surface area contributed by atoms with Crippen LogP contribution in [0.1, 0.15) is 262 Å². The number of hydrogen-bond acceptors (Lipinski definition) is 5. The van der Waals surface area contributed by atoms with E-state index in [4.69, 9.17) is 0 Å². The molecule has 10 aliphatic carbocycles. The highest BCUT2D eigenvalue weighted by atomic mass is 15.3. The number of fused-ring (bicyclic) bond motifs is 4. The normalized spacial score (nSPS) is 32.1. The van der Waals surface area contributed by atoms with E-state index < -0.39 is 0 Å². The summed E-state index contributed by atoms with van der Waals surface area (Å²) in [5.41, 5.74) is 25.6. The summed E-state index contributed by atoms with van der Waals surface area (Å²) in [6, 6.07) is 74.7. The zero-order valence-corrected chi connectivity index (χ0v) is 71.3. The van der Waals surface area contributed by atoms with Crippen molar-refractivity contribution in [2.24, 2.45) is 58.2 Å². The Balaban J connectivity index is 0.000000101. The van der Waals surface area contributed by atoms with Crippen molar-refractivity contribution in [1.29, 1.82) is 0 Å². The van der Waals surface area contributed by atoms with E-state index in [0.717, 1.165) is 47.3 Å². The lowest BCUT2D eigenvalue weighted by Gasteiger charge is -2.62. The minimum Gasteiger partial charge on any atom is -0.363 e. The van der Waals surface area contributed by atoms with Gasteiger partial charge in [0.15, 0.2) is 0 Å². The van der Waals surface area contributed by atoms with Gasteiger partial charge in [0.1, 0.15) is 0 Å². The molecule has 4 spiro atoms. The summed E-state index contributed by atoms with van der Waals surface area (Å²) in [7, 11) is 0. The Labute approximate surface area is 672 Å².